The normalized spacial score (nSPS) is 10.4. The van der Waals surface area contributed by atoms with Gasteiger partial charge in [-0.15, -0.1) is 0 Å². The van der Waals surface area contributed by atoms with Crippen LogP contribution in [0.5, 0.6) is 17.2 Å². The van der Waals surface area contributed by atoms with Crippen molar-refractivity contribution in [3.8, 4) is 17.2 Å². The maximum Gasteiger partial charge on any atom is 0.344 e. The van der Waals surface area contributed by atoms with Crippen molar-refractivity contribution in [2.45, 2.75) is 20.4 Å². The second-order valence-corrected chi connectivity index (χ2v) is 6.02. The van der Waals surface area contributed by atoms with Crippen LogP contribution in [-0.4, -0.2) is 50.7 Å². The number of nitrogens with zero attached hydrogens (tertiary/aromatic N) is 1. The number of rotatable bonds is 12. The summed E-state index contributed by atoms with van der Waals surface area (Å²) in [6.45, 7) is 5.21. The van der Waals surface area contributed by atoms with E-state index in [9.17, 15) is 9.59 Å². The van der Waals surface area contributed by atoms with Crippen molar-refractivity contribution in [2.24, 2.45) is 0 Å². The second kappa shape index (κ2) is 11.8. The largest absolute Gasteiger partial charge is 0.497 e. The van der Waals surface area contributed by atoms with Crippen LogP contribution in [0.25, 0.3) is 0 Å². The number of esters is 1. The Balaban J connectivity index is 1.88. The minimum atomic E-state index is -0.554. The van der Waals surface area contributed by atoms with Crippen LogP contribution in [0.4, 0.5) is 0 Å². The molecule has 0 aliphatic carbocycles. The van der Waals surface area contributed by atoms with Gasteiger partial charge in [-0.25, -0.2) is 4.79 Å². The summed E-state index contributed by atoms with van der Waals surface area (Å²) in [6, 6.07) is 8.68. The Morgan fingerprint density at radius 1 is 1.00 bits per heavy atom. The van der Waals surface area contributed by atoms with Crippen molar-refractivity contribution in [3.63, 3.8) is 0 Å². The fourth-order valence-electron chi connectivity index (χ4n) is 2.54. The highest BCUT2D eigenvalue weighted by Crippen LogP contribution is 2.17. The van der Waals surface area contributed by atoms with Crippen molar-refractivity contribution >= 4 is 5.97 Å². The Bertz CT molecular complexity index is 830. The summed E-state index contributed by atoms with van der Waals surface area (Å²) in [7, 11) is 1.61. The predicted octanol–water partition coefficient (Wildman–Crippen LogP) is 2.20. The SMILES string of the molecule is CCOCCOC(=O)COc1c(C)n(CCOc2ccc(OC)cc2)ccc1=O. The fourth-order valence-corrected chi connectivity index (χ4v) is 2.54. The molecule has 2 aromatic rings. The molecule has 0 spiro atoms. The smallest absolute Gasteiger partial charge is 0.344 e. The number of hydrogen-bond donors (Lipinski definition) is 0. The zero-order valence-corrected chi connectivity index (χ0v) is 17.0. The molecule has 0 saturated carbocycles. The van der Waals surface area contributed by atoms with Crippen molar-refractivity contribution < 1.29 is 28.5 Å². The average molecular weight is 405 g/mol. The maximum atomic E-state index is 12.1. The van der Waals surface area contributed by atoms with Gasteiger partial charge in [0, 0.05) is 18.9 Å². The first kappa shape index (κ1) is 22.3. The fraction of sp³-hybridized carbons (Fsp3) is 0.429. The molecule has 0 atom stereocenters. The summed E-state index contributed by atoms with van der Waals surface area (Å²) in [4.78, 5) is 23.8. The number of aromatic nitrogens is 1. The van der Waals surface area contributed by atoms with E-state index < -0.39 is 5.97 Å². The number of pyridine rings is 1. The Morgan fingerprint density at radius 3 is 2.41 bits per heavy atom. The minimum Gasteiger partial charge on any atom is -0.497 e. The van der Waals surface area contributed by atoms with Gasteiger partial charge in [0.25, 0.3) is 0 Å². The van der Waals surface area contributed by atoms with Crippen LogP contribution in [0.15, 0.2) is 41.3 Å². The van der Waals surface area contributed by atoms with Crippen LogP contribution < -0.4 is 19.6 Å². The van der Waals surface area contributed by atoms with Crippen LogP contribution in [0.1, 0.15) is 12.6 Å². The average Bonchev–Trinajstić information content (AvgIpc) is 2.73. The Kier molecular flexibility index (Phi) is 9.04. The Morgan fingerprint density at radius 2 is 1.72 bits per heavy atom. The summed E-state index contributed by atoms with van der Waals surface area (Å²) in [6.07, 6.45) is 1.67. The third kappa shape index (κ3) is 7.15. The number of carbonyl (C=O) groups excluding carboxylic acids is 1. The molecule has 8 nitrogen and oxygen atoms in total. The Labute approximate surface area is 169 Å². The number of carbonyl (C=O) groups is 1. The molecular formula is C21H27NO7. The zero-order chi connectivity index (χ0) is 21.1. The molecule has 0 saturated heterocycles. The molecule has 29 heavy (non-hydrogen) atoms. The number of ether oxygens (including phenoxy) is 5. The number of benzene rings is 1. The van der Waals surface area contributed by atoms with E-state index in [1.807, 2.05) is 35.8 Å². The van der Waals surface area contributed by atoms with E-state index in [0.717, 1.165) is 11.5 Å². The van der Waals surface area contributed by atoms with E-state index in [4.69, 9.17) is 23.7 Å². The molecule has 8 heteroatoms. The monoisotopic (exact) mass is 405 g/mol. The molecule has 0 aliphatic rings. The summed E-state index contributed by atoms with van der Waals surface area (Å²) in [5.74, 6) is 1.04. The van der Waals surface area contributed by atoms with Gasteiger partial charge in [0.15, 0.2) is 12.4 Å². The molecule has 0 amide bonds. The Hall–Kier alpha value is -3.00. The van der Waals surface area contributed by atoms with Gasteiger partial charge in [-0.2, -0.15) is 0 Å². The lowest BCUT2D eigenvalue weighted by Crippen LogP contribution is -2.22. The molecule has 1 heterocycles. The highest BCUT2D eigenvalue weighted by molar-refractivity contribution is 5.71. The van der Waals surface area contributed by atoms with Crippen molar-refractivity contribution in [1.82, 2.24) is 4.57 Å². The van der Waals surface area contributed by atoms with E-state index in [0.29, 0.717) is 32.1 Å². The molecule has 1 aromatic carbocycles. The summed E-state index contributed by atoms with van der Waals surface area (Å²) < 4.78 is 28.1. The first-order chi connectivity index (χ1) is 14.0. The van der Waals surface area contributed by atoms with Gasteiger partial charge >= 0.3 is 5.97 Å². The predicted molar refractivity (Wildman–Crippen MR) is 107 cm³/mol. The molecule has 0 aliphatic heterocycles. The van der Waals surface area contributed by atoms with Crippen molar-refractivity contribution in [3.05, 3.63) is 52.4 Å². The van der Waals surface area contributed by atoms with Gasteiger partial charge < -0.3 is 28.3 Å². The molecule has 2 rings (SSSR count). The van der Waals surface area contributed by atoms with E-state index in [-0.39, 0.29) is 24.4 Å². The summed E-state index contributed by atoms with van der Waals surface area (Å²) >= 11 is 0. The molecule has 1 aromatic heterocycles. The second-order valence-electron chi connectivity index (χ2n) is 6.02. The van der Waals surface area contributed by atoms with Gasteiger partial charge in [-0.05, 0) is 38.1 Å². The van der Waals surface area contributed by atoms with E-state index in [1.54, 1.807) is 20.2 Å². The molecule has 0 bridgehead atoms. The van der Waals surface area contributed by atoms with E-state index >= 15 is 0 Å². The molecular weight excluding hydrogens is 378 g/mol. The lowest BCUT2D eigenvalue weighted by atomic mass is 10.3. The van der Waals surface area contributed by atoms with Crippen LogP contribution in [0.3, 0.4) is 0 Å². The van der Waals surface area contributed by atoms with E-state index in [2.05, 4.69) is 0 Å². The summed E-state index contributed by atoms with van der Waals surface area (Å²) in [5, 5.41) is 0. The quantitative estimate of drug-likeness (QED) is 0.395. The molecule has 0 fully saturated rings. The van der Waals surface area contributed by atoms with Crippen LogP contribution in [-0.2, 0) is 20.8 Å². The molecule has 0 radical (unpaired) electrons. The standard InChI is InChI=1S/C21H27NO7/c1-4-26-13-14-28-20(24)15-29-21-16(2)22(10-9-19(21)23)11-12-27-18-7-5-17(25-3)6-8-18/h5-10H,4,11-15H2,1-3H3. The lowest BCUT2D eigenvalue weighted by Gasteiger charge is -2.15. The van der Waals surface area contributed by atoms with E-state index in [1.165, 1.54) is 6.07 Å². The third-order valence-electron chi connectivity index (χ3n) is 4.08. The van der Waals surface area contributed by atoms with Crippen LogP contribution in [0, 0.1) is 6.92 Å². The first-order valence-electron chi connectivity index (χ1n) is 9.38. The van der Waals surface area contributed by atoms with Gasteiger partial charge in [0.1, 0.15) is 24.7 Å². The number of hydrogen-bond acceptors (Lipinski definition) is 7. The molecule has 0 unspecified atom stereocenters. The maximum absolute atomic E-state index is 12.1. The topological polar surface area (TPSA) is 85.2 Å². The highest BCUT2D eigenvalue weighted by atomic mass is 16.6. The first-order valence-corrected chi connectivity index (χ1v) is 9.38. The summed E-state index contributed by atoms with van der Waals surface area (Å²) in [5.41, 5.74) is 0.315. The van der Waals surface area contributed by atoms with Gasteiger partial charge in [-0.1, -0.05) is 0 Å². The van der Waals surface area contributed by atoms with Gasteiger partial charge in [0.05, 0.1) is 26.0 Å². The van der Waals surface area contributed by atoms with Crippen LogP contribution >= 0.6 is 0 Å². The van der Waals surface area contributed by atoms with Gasteiger partial charge in [-0.3, -0.25) is 4.79 Å². The van der Waals surface area contributed by atoms with Crippen LogP contribution in [0.2, 0.25) is 0 Å². The lowest BCUT2D eigenvalue weighted by molar-refractivity contribution is -0.147. The third-order valence-corrected chi connectivity index (χ3v) is 4.08. The molecule has 0 N–H and O–H groups in total. The van der Waals surface area contributed by atoms with Crippen molar-refractivity contribution in [2.75, 3.05) is 40.1 Å². The number of methoxy groups -OCH3 is 1. The van der Waals surface area contributed by atoms with Gasteiger partial charge in [0.2, 0.25) is 5.43 Å². The molecule has 158 valence electrons. The highest BCUT2D eigenvalue weighted by Gasteiger charge is 2.12. The zero-order valence-electron chi connectivity index (χ0n) is 17.0. The van der Waals surface area contributed by atoms with Crippen molar-refractivity contribution in [1.29, 1.82) is 0 Å². The minimum absolute atomic E-state index is 0.124.